The lowest BCUT2D eigenvalue weighted by Crippen LogP contribution is -2.47. The average molecular weight is 262 g/mol. The van der Waals surface area contributed by atoms with Gasteiger partial charge in [-0.3, -0.25) is 0 Å². The molecule has 0 radical (unpaired) electrons. The number of hydrogen-bond acceptors (Lipinski definition) is 3. The lowest BCUT2D eigenvalue weighted by atomic mass is 9.88. The van der Waals surface area contributed by atoms with Crippen molar-refractivity contribution in [3.05, 3.63) is 29.8 Å². The first-order valence-electron chi connectivity index (χ1n) is 7.28. The van der Waals surface area contributed by atoms with E-state index in [0.29, 0.717) is 12.0 Å². The van der Waals surface area contributed by atoms with Gasteiger partial charge in [-0.2, -0.15) is 0 Å². The molecule has 19 heavy (non-hydrogen) atoms. The summed E-state index contributed by atoms with van der Waals surface area (Å²) in [6.45, 7) is 5.65. The van der Waals surface area contributed by atoms with Gasteiger partial charge in [0.15, 0.2) is 0 Å². The van der Waals surface area contributed by atoms with E-state index in [9.17, 15) is 0 Å². The van der Waals surface area contributed by atoms with Crippen LogP contribution in [-0.2, 0) is 0 Å². The predicted octanol–water partition coefficient (Wildman–Crippen LogP) is 2.48. The van der Waals surface area contributed by atoms with Gasteiger partial charge in [0.05, 0.1) is 7.11 Å². The van der Waals surface area contributed by atoms with Gasteiger partial charge in [-0.1, -0.05) is 19.1 Å². The molecule has 0 amide bonds. The summed E-state index contributed by atoms with van der Waals surface area (Å²) in [6.07, 6.45) is 2.43. The second-order valence-electron chi connectivity index (χ2n) is 5.58. The molecule has 1 saturated heterocycles. The Kier molecular flexibility index (Phi) is 5.23. The Balaban J connectivity index is 2.01. The van der Waals surface area contributed by atoms with Crippen molar-refractivity contribution >= 4 is 0 Å². The fourth-order valence-corrected chi connectivity index (χ4v) is 2.93. The highest BCUT2D eigenvalue weighted by Gasteiger charge is 2.25. The van der Waals surface area contributed by atoms with Crippen LogP contribution in [0.5, 0.6) is 5.75 Å². The number of hydrogen-bond donors (Lipinski definition) is 1. The summed E-state index contributed by atoms with van der Waals surface area (Å²) in [4.78, 5) is 2.44. The topological polar surface area (TPSA) is 24.5 Å². The zero-order valence-electron chi connectivity index (χ0n) is 12.4. The van der Waals surface area contributed by atoms with E-state index >= 15 is 0 Å². The fraction of sp³-hybridized carbons (Fsp3) is 0.625. The van der Waals surface area contributed by atoms with Crippen LogP contribution in [0, 0.1) is 0 Å². The zero-order chi connectivity index (χ0) is 13.7. The van der Waals surface area contributed by atoms with Gasteiger partial charge in [0.1, 0.15) is 5.75 Å². The largest absolute Gasteiger partial charge is 0.497 e. The number of methoxy groups -OCH3 is 1. The lowest BCUT2D eigenvalue weighted by molar-refractivity contribution is 0.205. The average Bonchev–Trinajstić information content (AvgIpc) is 2.44. The third kappa shape index (κ3) is 3.95. The molecule has 0 bridgehead atoms. The molecule has 1 aromatic carbocycles. The standard InChI is InChI=1S/C16H26N2O/c1-4-9-17-15-10-14(11-18(2)12-15)13-5-7-16(19-3)8-6-13/h5-8,14-15,17H,4,9-12H2,1-3H3. The molecule has 1 aromatic rings. The third-order valence-electron chi connectivity index (χ3n) is 3.90. The minimum Gasteiger partial charge on any atom is -0.497 e. The van der Waals surface area contributed by atoms with Gasteiger partial charge in [-0.15, -0.1) is 0 Å². The molecule has 1 heterocycles. The fourth-order valence-electron chi connectivity index (χ4n) is 2.93. The molecule has 2 rings (SSSR count). The normalized spacial score (nSPS) is 24.4. The summed E-state index contributed by atoms with van der Waals surface area (Å²) in [7, 11) is 3.93. The van der Waals surface area contributed by atoms with E-state index in [2.05, 4.69) is 48.5 Å². The van der Waals surface area contributed by atoms with Crippen LogP contribution in [0.3, 0.4) is 0 Å². The summed E-state index contributed by atoms with van der Waals surface area (Å²) >= 11 is 0. The highest BCUT2D eigenvalue weighted by atomic mass is 16.5. The van der Waals surface area contributed by atoms with Crippen LogP contribution in [0.1, 0.15) is 31.2 Å². The molecule has 1 aliphatic rings. The maximum atomic E-state index is 5.23. The van der Waals surface area contributed by atoms with Gasteiger partial charge in [0.25, 0.3) is 0 Å². The second kappa shape index (κ2) is 6.92. The molecule has 2 unspecified atom stereocenters. The molecule has 106 valence electrons. The van der Waals surface area contributed by atoms with Crippen molar-refractivity contribution in [1.29, 1.82) is 0 Å². The van der Waals surface area contributed by atoms with Crippen molar-refractivity contribution in [3.8, 4) is 5.75 Å². The van der Waals surface area contributed by atoms with Crippen LogP contribution in [-0.4, -0.2) is 44.7 Å². The van der Waals surface area contributed by atoms with Crippen LogP contribution in [0.25, 0.3) is 0 Å². The summed E-state index contributed by atoms with van der Waals surface area (Å²) < 4.78 is 5.23. The van der Waals surface area contributed by atoms with E-state index in [0.717, 1.165) is 25.4 Å². The molecule has 3 heteroatoms. The van der Waals surface area contributed by atoms with Crippen molar-refractivity contribution in [2.45, 2.75) is 31.7 Å². The van der Waals surface area contributed by atoms with E-state index in [1.54, 1.807) is 7.11 Å². The summed E-state index contributed by atoms with van der Waals surface area (Å²) in [5, 5.41) is 3.66. The summed E-state index contributed by atoms with van der Waals surface area (Å²) in [5.74, 6) is 1.56. The molecular weight excluding hydrogens is 236 g/mol. The van der Waals surface area contributed by atoms with Gasteiger partial charge in [-0.25, -0.2) is 0 Å². The van der Waals surface area contributed by atoms with E-state index in [1.165, 1.54) is 18.4 Å². The smallest absolute Gasteiger partial charge is 0.118 e. The molecule has 0 spiro atoms. The minimum absolute atomic E-state index is 0.616. The Labute approximate surface area is 116 Å². The number of likely N-dealkylation sites (tertiary alicyclic amines) is 1. The monoisotopic (exact) mass is 262 g/mol. The van der Waals surface area contributed by atoms with Gasteiger partial charge >= 0.3 is 0 Å². The number of piperidine rings is 1. The first kappa shape index (κ1) is 14.4. The highest BCUT2D eigenvalue weighted by Crippen LogP contribution is 2.27. The molecule has 0 aliphatic carbocycles. The summed E-state index contributed by atoms with van der Waals surface area (Å²) in [6, 6.07) is 9.17. The molecule has 2 atom stereocenters. The van der Waals surface area contributed by atoms with Gasteiger partial charge < -0.3 is 15.0 Å². The molecule has 0 aromatic heterocycles. The minimum atomic E-state index is 0.616. The summed E-state index contributed by atoms with van der Waals surface area (Å²) in [5.41, 5.74) is 1.43. The number of nitrogens with one attached hydrogen (secondary N) is 1. The first-order chi connectivity index (χ1) is 9.22. The predicted molar refractivity (Wildman–Crippen MR) is 79.9 cm³/mol. The first-order valence-corrected chi connectivity index (χ1v) is 7.28. The quantitative estimate of drug-likeness (QED) is 0.882. The highest BCUT2D eigenvalue weighted by molar-refractivity contribution is 5.30. The van der Waals surface area contributed by atoms with E-state index < -0.39 is 0 Å². The Morgan fingerprint density at radius 1 is 1.26 bits per heavy atom. The third-order valence-corrected chi connectivity index (χ3v) is 3.90. The SMILES string of the molecule is CCCNC1CC(c2ccc(OC)cc2)CN(C)C1. The van der Waals surface area contributed by atoms with Gasteiger partial charge in [-0.05, 0) is 50.0 Å². The van der Waals surface area contributed by atoms with E-state index in [-0.39, 0.29) is 0 Å². The Morgan fingerprint density at radius 2 is 2.00 bits per heavy atom. The van der Waals surface area contributed by atoms with E-state index in [1.807, 2.05) is 0 Å². The Morgan fingerprint density at radius 3 is 2.63 bits per heavy atom. The molecule has 0 saturated carbocycles. The number of benzene rings is 1. The van der Waals surface area contributed by atoms with Crippen LogP contribution < -0.4 is 10.1 Å². The van der Waals surface area contributed by atoms with E-state index in [4.69, 9.17) is 4.74 Å². The number of nitrogens with zero attached hydrogens (tertiary/aromatic N) is 1. The van der Waals surface area contributed by atoms with Crippen molar-refractivity contribution in [2.24, 2.45) is 0 Å². The molecule has 1 fully saturated rings. The number of likely N-dealkylation sites (N-methyl/N-ethyl adjacent to an activating group) is 1. The van der Waals surface area contributed by atoms with Gasteiger partial charge in [0.2, 0.25) is 0 Å². The molecule has 1 aliphatic heterocycles. The van der Waals surface area contributed by atoms with Crippen LogP contribution in [0.4, 0.5) is 0 Å². The number of rotatable bonds is 5. The maximum absolute atomic E-state index is 5.23. The number of ether oxygens (including phenoxy) is 1. The van der Waals surface area contributed by atoms with Crippen molar-refractivity contribution in [3.63, 3.8) is 0 Å². The second-order valence-corrected chi connectivity index (χ2v) is 5.58. The van der Waals surface area contributed by atoms with Crippen LogP contribution in [0.2, 0.25) is 0 Å². The molecule has 1 N–H and O–H groups in total. The zero-order valence-corrected chi connectivity index (χ0v) is 12.4. The van der Waals surface area contributed by atoms with Gasteiger partial charge in [0, 0.05) is 19.1 Å². The van der Waals surface area contributed by atoms with Crippen LogP contribution in [0.15, 0.2) is 24.3 Å². The lowest BCUT2D eigenvalue weighted by Gasteiger charge is -2.36. The van der Waals surface area contributed by atoms with Crippen molar-refractivity contribution in [2.75, 3.05) is 33.8 Å². The molecule has 3 nitrogen and oxygen atoms in total. The molecular formula is C16H26N2O. The van der Waals surface area contributed by atoms with Crippen LogP contribution >= 0.6 is 0 Å². The maximum Gasteiger partial charge on any atom is 0.118 e. The van der Waals surface area contributed by atoms with Crippen molar-refractivity contribution in [1.82, 2.24) is 10.2 Å². The van der Waals surface area contributed by atoms with Crippen molar-refractivity contribution < 1.29 is 4.74 Å². The Bertz CT molecular complexity index is 377. The Hall–Kier alpha value is -1.06.